The molecule has 0 aliphatic carbocycles. The van der Waals surface area contributed by atoms with E-state index in [9.17, 15) is 9.59 Å². The number of thiocarbonyl (C=S) groups is 1. The highest BCUT2D eigenvalue weighted by Crippen LogP contribution is 1.98. The van der Waals surface area contributed by atoms with Crippen LogP contribution in [0.5, 0.6) is 0 Å². The lowest BCUT2D eigenvalue weighted by Gasteiger charge is -2.26. The highest BCUT2D eigenvalue weighted by atomic mass is 32.1. The first kappa shape index (κ1) is 14.0. The first-order chi connectivity index (χ1) is 8.09. The Balaban J connectivity index is 2.12. The summed E-state index contributed by atoms with van der Waals surface area (Å²) in [5.74, 6) is -1.59. The average molecular weight is 260 g/mol. The monoisotopic (exact) mass is 260 g/mol. The third-order valence-electron chi connectivity index (χ3n) is 2.30. The predicted octanol–water partition coefficient (Wildman–Crippen LogP) is -0.327. The summed E-state index contributed by atoms with van der Waals surface area (Å²) in [6.45, 7) is 5.17. The Hall–Kier alpha value is -1.05. The van der Waals surface area contributed by atoms with Crippen molar-refractivity contribution in [2.24, 2.45) is 0 Å². The number of carbonyl (C=O) groups is 2. The maximum atomic E-state index is 10.8. The van der Waals surface area contributed by atoms with Gasteiger partial charge in [0.05, 0.1) is 13.2 Å². The maximum Gasteiger partial charge on any atom is 0.398 e. The smallest absolute Gasteiger partial charge is 0.379 e. The van der Waals surface area contributed by atoms with Gasteiger partial charge in [0.15, 0.2) is 0 Å². The molecule has 1 heterocycles. The molecule has 0 aromatic heterocycles. The Morgan fingerprint density at radius 3 is 2.65 bits per heavy atom. The molecular weight excluding hydrogens is 244 g/mol. The lowest BCUT2D eigenvalue weighted by molar-refractivity contribution is -0.156. The minimum atomic E-state index is -0.932. The number of nitrogens with zero attached hydrogens (tertiary/aromatic N) is 1. The van der Waals surface area contributed by atoms with E-state index >= 15 is 0 Å². The fraction of sp³-hybridized carbons (Fsp3) is 0.700. The topological polar surface area (TPSA) is 67.9 Å². The van der Waals surface area contributed by atoms with Gasteiger partial charge in [0.2, 0.25) is 5.78 Å². The van der Waals surface area contributed by atoms with Crippen LogP contribution in [0.1, 0.15) is 13.3 Å². The van der Waals surface area contributed by atoms with Crippen LogP contribution in [0, 0.1) is 0 Å². The first-order valence-electron chi connectivity index (χ1n) is 5.40. The number of Topliss-reactive ketones (excluding diaryl/α,β-unsaturated/α-hetero) is 1. The number of hydroxylamine groups is 1. The number of hydrogen-bond donors (Lipinski definition) is 1. The van der Waals surface area contributed by atoms with Crippen LogP contribution in [0.25, 0.3) is 0 Å². The molecule has 1 saturated heterocycles. The third-order valence-corrected chi connectivity index (χ3v) is 2.59. The number of hydrogen-bond acceptors (Lipinski definition) is 6. The molecule has 0 amide bonds. The number of rotatable bonds is 4. The molecule has 1 N–H and O–H groups in total. The highest BCUT2D eigenvalue weighted by molar-refractivity contribution is 7.80. The van der Waals surface area contributed by atoms with Gasteiger partial charge >= 0.3 is 5.97 Å². The summed E-state index contributed by atoms with van der Waals surface area (Å²) in [6.07, 6.45) is 0.584. The number of ketones is 1. The molecule has 1 aliphatic heterocycles. The van der Waals surface area contributed by atoms with Gasteiger partial charge in [-0.1, -0.05) is 12.2 Å². The minimum Gasteiger partial charge on any atom is -0.379 e. The van der Waals surface area contributed by atoms with Gasteiger partial charge in [-0.3, -0.25) is 9.69 Å². The van der Waals surface area contributed by atoms with Crippen LogP contribution in [0.2, 0.25) is 0 Å². The Kier molecular flexibility index (Phi) is 6.03. The molecular formula is C10H16N2O4S. The zero-order chi connectivity index (χ0) is 12.7. The van der Waals surface area contributed by atoms with Crippen molar-refractivity contribution in [1.82, 2.24) is 10.4 Å². The lowest BCUT2D eigenvalue weighted by atomic mass is 10.3. The van der Waals surface area contributed by atoms with Gasteiger partial charge in [-0.05, 0) is 0 Å². The van der Waals surface area contributed by atoms with E-state index in [1.54, 1.807) is 0 Å². The van der Waals surface area contributed by atoms with Crippen molar-refractivity contribution >= 4 is 29.0 Å². The van der Waals surface area contributed by atoms with E-state index in [0.717, 1.165) is 39.8 Å². The SMILES string of the molecule is CC(=O)C(=O)ONC(=S)CCN1CCOCC1. The van der Waals surface area contributed by atoms with Crippen molar-refractivity contribution in [1.29, 1.82) is 0 Å². The molecule has 1 rings (SSSR count). The summed E-state index contributed by atoms with van der Waals surface area (Å²) in [5, 5.41) is 0. The van der Waals surface area contributed by atoms with E-state index < -0.39 is 11.8 Å². The molecule has 0 aromatic carbocycles. The Morgan fingerprint density at radius 1 is 1.41 bits per heavy atom. The summed E-state index contributed by atoms with van der Waals surface area (Å²) in [5.41, 5.74) is 2.31. The third kappa shape index (κ3) is 5.71. The molecule has 6 nitrogen and oxygen atoms in total. The van der Waals surface area contributed by atoms with Crippen LogP contribution in [0.4, 0.5) is 0 Å². The van der Waals surface area contributed by atoms with Gasteiger partial charge in [-0.2, -0.15) is 0 Å². The molecule has 0 bridgehead atoms. The fourth-order valence-corrected chi connectivity index (χ4v) is 1.44. The molecule has 0 radical (unpaired) electrons. The molecule has 0 unspecified atom stereocenters. The second-order valence-corrected chi connectivity index (χ2v) is 4.17. The molecule has 0 saturated carbocycles. The van der Waals surface area contributed by atoms with Crippen molar-refractivity contribution in [2.45, 2.75) is 13.3 Å². The van der Waals surface area contributed by atoms with Crippen LogP contribution in [-0.2, 0) is 19.2 Å². The number of morpholine rings is 1. The summed E-state index contributed by atoms with van der Waals surface area (Å²) in [4.78, 5) is 28.5. The van der Waals surface area contributed by atoms with Crippen LogP contribution >= 0.6 is 12.2 Å². The van der Waals surface area contributed by atoms with Gasteiger partial charge in [-0.25, -0.2) is 10.3 Å². The predicted molar refractivity (Wildman–Crippen MR) is 64.4 cm³/mol. The molecule has 0 spiro atoms. The zero-order valence-corrected chi connectivity index (χ0v) is 10.5. The summed E-state index contributed by atoms with van der Waals surface area (Å²) in [6, 6.07) is 0. The average Bonchev–Trinajstić information content (AvgIpc) is 2.34. The minimum absolute atomic E-state index is 0.408. The Labute approximate surface area is 105 Å². The quantitative estimate of drug-likeness (QED) is 0.422. The van der Waals surface area contributed by atoms with Gasteiger partial charge in [-0.15, -0.1) is 0 Å². The molecule has 7 heteroatoms. The maximum absolute atomic E-state index is 10.8. The second-order valence-electron chi connectivity index (χ2n) is 3.67. The number of carbonyl (C=O) groups excluding carboxylic acids is 2. The van der Waals surface area contributed by atoms with Crippen LogP contribution < -0.4 is 5.48 Å². The summed E-state index contributed by atoms with van der Waals surface area (Å²) >= 11 is 4.97. The van der Waals surface area contributed by atoms with Crippen LogP contribution in [0.3, 0.4) is 0 Å². The molecule has 17 heavy (non-hydrogen) atoms. The van der Waals surface area contributed by atoms with Crippen molar-refractivity contribution in [3.05, 3.63) is 0 Å². The number of nitrogens with one attached hydrogen (secondary N) is 1. The lowest BCUT2D eigenvalue weighted by Crippen LogP contribution is -2.39. The van der Waals surface area contributed by atoms with Crippen LogP contribution in [0.15, 0.2) is 0 Å². The van der Waals surface area contributed by atoms with E-state index in [4.69, 9.17) is 17.0 Å². The highest BCUT2D eigenvalue weighted by Gasteiger charge is 2.12. The van der Waals surface area contributed by atoms with Crippen LogP contribution in [-0.4, -0.2) is 54.5 Å². The number of ether oxygens (including phenoxy) is 1. The van der Waals surface area contributed by atoms with Crippen molar-refractivity contribution in [3.63, 3.8) is 0 Å². The van der Waals surface area contributed by atoms with Gasteiger partial charge in [0.1, 0.15) is 4.99 Å². The van der Waals surface area contributed by atoms with E-state index in [2.05, 4.69) is 15.2 Å². The molecule has 1 aliphatic rings. The second kappa shape index (κ2) is 7.31. The Bertz CT molecular complexity index is 303. The largest absolute Gasteiger partial charge is 0.398 e. The normalized spacial score (nSPS) is 16.3. The van der Waals surface area contributed by atoms with E-state index in [0.29, 0.717) is 11.4 Å². The zero-order valence-electron chi connectivity index (χ0n) is 9.73. The van der Waals surface area contributed by atoms with E-state index in [1.807, 2.05) is 0 Å². The molecule has 0 atom stereocenters. The van der Waals surface area contributed by atoms with E-state index in [1.165, 1.54) is 0 Å². The van der Waals surface area contributed by atoms with Gasteiger partial charge in [0, 0.05) is 33.0 Å². The molecule has 1 fully saturated rings. The molecule has 0 aromatic rings. The fourth-order valence-electron chi connectivity index (χ4n) is 1.31. The van der Waals surface area contributed by atoms with E-state index in [-0.39, 0.29) is 0 Å². The Morgan fingerprint density at radius 2 is 2.06 bits per heavy atom. The van der Waals surface area contributed by atoms with Gasteiger partial charge in [0.25, 0.3) is 0 Å². The summed E-state index contributed by atoms with van der Waals surface area (Å²) in [7, 11) is 0. The van der Waals surface area contributed by atoms with Gasteiger partial charge < -0.3 is 9.57 Å². The summed E-state index contributed by atoms with van der Waals surface area (Å²) < 4.78 is 5.21. The standard InChI is InChI=1S/C10H16N2O4S/c1-8(13)10(14)16-11-9(17)2-3-12-4-6-15-7-5-12/h2-7H2,1H3,(H,11,17). The van der Waals surface area contributed by atoms with Crippen molar-refractivity contribution < 1.29 is 19.2 Å². The van der Waals surface area contributed by atoms with Crippen molar-refractivity contribution in [2.75, 3.05) is 32.8 Å². The molecule has 96 valence electrons. The van der Waals surface area contributed by atoms with Crippen molar-refractivity contribution in [3.8, 4) is 0 Å². The first-order valence-corrected chi connectivity index (χ1v) is 5.81.